The molecule has 2 aromatic carbocycles. The first-order valence-corrected chi connectivity index (χ1v) is 7.66. The summed E-state index contributed by atoms with van der Waals surface area (Å²) in [5.41, 5.74) is 2.27. The molecule has 4 rings (SSSR count). The zero-order valence-electron chi connectivity index (χ0n) is 12.7. The number of hydrogen-bond donors (Lipinski definition) is 1. The van der Waals surface area contributed by atoms with Gasteiger partial charge in [0.25, 0.3) is 10.7 Å². The van der Waals surface area contributed by atoms with Gasteiger partial charge in [-0.3, -0.25) is 4.79 Å². The summed E-state index contributed by atoms with van der Waals surface area (Å²) in [6, 6.07) is 9.50. The number of phenolic OH excluding ortho intramolecular Hbond substituents is 1. The van der Waals surface area contributed by atoms with Crippen LogP contribution in [0.25, 0.3) is 22.2 Å². The van der Waals surface area contributed by atoms with Gasteiger partial charge in [0.15, 0.2) is 11.2 Å². The fourth-order valence-electron chi connectivity index (χ4n) is 1.99. The molecule has 4 aromatic rings. The van der Waals surface area contributed by atoms with E-state index in [9.17, 15) is 4.79 Å². The van der Waals surface area contributed by atoms with Gasteiger partial charge in [0, 0.05) is 19.1 Å². The van der Waals surface area contributed by atoms with Crippen molar-refractivity contribution in [1.82, 2.24) is 9.97 Å². The van der Waals surface area contributed by atoms with E-state index >= 15 is 0 Å². The van der Waals surface area contributed by atoms with Crippen LogP contribution in [0.4, 0.5) is 0 Å². The highest BCUT2D eigenvalue weighted by Gasteiger charge is 2.06. The molecule has 9 heteroatoms. The van der Waals surface area contributed by atoms with Crippen molar-refractivity contribution >= 4 is 51.4 Å². The number of halogens is 2. The molecule has 2 heterocycles. The molecule has 0 aliphatic carbocycles. The average Bonchev–Trinajstić information content (AvgIpc) is 3.07. The molecule has 0 spiro atoms. The first-order chi connectivity index (χ1) is 11.9. The molecule has 0 radical (unpaired) electrons. The molecular formula is C16H10Cl2N2O5. The van der Waals surface area contributed by atoms with Crippen LogP contribution >= 0.6 is 23.2 Å². The number of aromatic nitrogens is 2. The largest absolute Gasteiger partial charge is 0.508 e. The molecule has 0 bridgehead atoms. The van der Waals surface area contributed by atoms with Gasteiger partial charge in [-0.15, -0.1) is 0 Å². The smallest absolute Gasteiger partial charge is 0.308 e. The molecule has 0 saturated heterocycles. The Kier molecular flexibility index (Phi) is 4.78. The van der Waals surface area contributed by atoms with Gasteiger partial charge in [-0.1, -0.05) is 0 Å². The van der Waals surface area contributed by atoms with Crippen molar-refractivity contribution in [3.63, 3.8) is 0 Å². The lowest BCUT2D eigenvalue weighted by molar-refractivity contribution is -0.131. The Bertz CT molecular complexity index is 1060. The van der Waals surface area contributed by atoms with E-state index in [2.05, 4.69) is 9.97 Å². The third-order valence-electron chi connectivity index (χ3n) is 2.94. The monoisotopic (exact) mass is 380 g/mol. The van der Waals surface area contributed by atoms with Crippen LogP contribution in [-0.4, -0.2) is 21.0 Å². The van der Waals surface area contributed by atoms with E-state index in [1.165, 1.54) is 19.1 Å². The number of fused-ring (bicyclic) bond motifs is 2. The number of ether oxygens (including phenoxy) is 1. The number of esters is 1. The number of hydrogen-bond acceptors (Lipinski definition) is 7. The number of aromatic hydroxyl groups is 1. The summed E-state index contributed by atoms with van der Waals surface area (Å²) in [5, 5.41) is 9.17. The Hall–Kier alpha value is -2.77. The number of oxazole rings is 2. The second-order valence-corrected chi connectivity index (χ2v) is 5.46. The summed E-state index contributed by atoms with van der Waals surface area (Å²) in [7, 11) is 0. The van der Waals surface area contributed by atoms with Crippen LogP contribution in [0.3, 0.4) is 0 Å². The standard InChI is InChI=1S/C9H6ClNO3.C7H4ClNO2/c1-5(12)13-6-2-3-7-8(4-6)14-9(10)11-7;8-7-9-5-2-1-4(10)3-6(5)11-7/h2-4H,1H3;1-3,10H. The van der Waals surface area contributed by atoms with Crippen LogP contribution < -0.4 is 4.74 Å². The van der Waals surface area contributed by atoms with Crippen molar-refractivity contribution in [2.24, 2.45) is 0 Å². The van der Waals surface area contributed by atoms with Crippen molar-refractivity contribution in [2.75, 3.05) is 0 Å². The minimum absolute atomic E-state index is 0.0694. The molecule has 7 nitrogen and oxygen atoms in total. The Morgan fingerprint density at radius 2 is 1.56 bits per heavy atom. The van der Waals surface area contributed by atoms with Gasteiger partial charge in [0.1, 0.15) is 22.5 Å². The lowest BCUT2D eigenvalue weighted by Crippen LogP contribution is -2.00. The Balaban J connectivity index is 0.000000150. The second kappa shape index (κ2) is 7.00. The van der Waals surface area contributed by atoms with Gasteiger partial charge in [-0.05, 0) is 47.5 Å². The number of benzene rings is 2. The number of phenols is 1. The highest BCUT2D eigenvalue weighted by atomic mass is 35.5. The van der Waals surface area contributed by atoms with Crippen molar-refractivity contribution in [3.8, 4) is 11.5 Å². The van der Waals surface area contributed by atoms with Crippen LogP contribution in [0, 0.1) is 0 Å². The zero-order chi connectivity index (χ0) is 18.0. The van der Waals surface area contributed by atoms with Crippen LogP contribution in [0.15, 0.2) is 45.2 Å². The number of rotatable bonds is 1. The summed E-state index contributed by atoms with van der Waals surface area (Å²) in [4.78, 5) is 18.4. The Morgan fingerprint density at radius 3 is 2.16 bits per heavy atom. The Morgan fingerprint density at radius 1 is 1.00 bits per heavy atom. The summed E-state index contributed by atoms with van der Waals surface area (Å²) >= 11 is 11.0. The van der Waals surface area contributed by atoms with E-state index in [1.807, 2.05) is 0 Å². The van der Waals surface area contributed by atoms with Crippen molar-refractivity contribution in [2.45, 2.75) is 6.92 Å². The molecule has 2 aromatic heterocycles. The normalized spacial score (nSPS) is 10.5. The average molecular weight is 381 g/mol. The van der Waals surface area contributed by atoms with E-state index in [0.717, 1.165) is 0 Å². The zero-order valence-corrected chi connectivity index (χ0v) is 14.2. The topological polar surface area (TPSA) is 98.6 Å². The molecule has 0 saturated carbocycles. The molecule has 0 atom stereocenters. The van der Waals surface area contributed by atoms with E-state index in [-0.39, 0.29) is 22.4 Å². The number of carbonyl (C=O) groups excluding carboxylic acids is 1. The SMILES string of the molecule is CC(=O)Oc1ccc2nc(Cl)oc2c1.Oc1ccc2nc(Cl)oc2c1. The van der Waals surface area contributed by atoms with E-state index in [0.29, 0.717) is 27.9 Å². The minimum atomic E-state index is -0.380. The fraction of sp³-hybridized carbons (Fsp3) is 0.0625. The summed E-state index contributed by atoms with van der Waals surface area (Å²) in [6.45, 7) is 1.33. The maximum Gasteiger partial charge on any atom is 0.308 e. The third kappa shape index (κ3) is 4.20. The van der Waals surface area contributed by atoms with Crippen LogP contribution in [-0.2, 0) is 4.79 Å². The van der Waals surface area contributed by atoms with Gasteiger partial charge >= 0.3 is 5.97 Å². The van der Waals surface area contributed by atoms with Gasteiger partial charge in [-0.2, -0.15) is 9.97 Å². The molecule has 0 fully saturated rings. The number of carbonyl (C=O) groups is 1. The molecule has 0 unspecified atom stereocenters. The van der Waals surface area contributed by atoms with Gasteiger partial charge in [0.2, 0.25) is 0 Å². The first kappa shape index (κ1) is 17.1. The summed E-state index contributed by atoms with van der Waals surface area (Å²) in [6.07, 6.45) is 0. The lowest BCUT2D eigenvalue weighted by Gasteiger charge is -1.98. The highest BCUT2D eigenvalue weighted by Crippen LogP contribution is 2.24. The Labute approximate surface area is 150 Å². The van der Waals surface area contributed by atoms with Crippen LogP contribution in [0.5, 0.6) is 11.5 Å². The van der Waals surface area contributed by atoms with Crippen LogP contribution in [0.2, 0.25) is 10.7 Å². The summed E-state index contributed by atoms with van der Waals surface area (Å²) < 4.78 is 14.9. The molecule has 1 N–H and O–H groups in total. The molecule has 0 aliphatic heterocycles. The summed E-state index contributed by atoms with van der Waals surface area (Å²) in [5.74, 6) is 0.179. The van der Waals surface area contributed by atoms with Gasteiger partial charge < -0.3 is 18.7 Å². The molecular weight excluding hydrogens is 371 g/mol. The van der Waals surface area contributed by atoms with Crippen molar-refractivity contribution in [3.05, 3.63) is 47.1 Å². The molecule has 0 amide bonds. The van der Waals surface area contributed by atoms with E-state index in [4.69, 9.17) is 41.9 Å². The molecule has 128 valence electrons. The van der Waals surface area contributed by atoms with Crippen molar-refractivity contribution < 1.29 is 23.5 Å². The maximum absolute atomic E-state index is 10.7. The minimum Gasteiger partial charge on any atom is -0.508 e. The molecule has 25 heavy (non-hydrogen) atoms. The first-order valence-electron chi connectivity index (χ1n) is 6.90. The van der Waals surface area contributed by atoms with Crippen molar-refractivity contribution in [1.29, 1.82) is 0 Å². The quantitative estimate of drug-likeness (QED) is 0.380. The van der Waals surface area contributed by atoms with E-state index < -0.39 is 0 Å². The third-order valence-corrected chi connectivity index (χ3v) is 3.26. The molecule has 0 aliphatic rings. The van der Waals surface area contributed by atoms with E-state index in [1.54, 1.807) is 24.3 Å². The highest BCUT2D eigenvalue weighted by molar-refractivity contribution is 6.28. The lowest BCUT2D eigenvalue weighted by atomic mass is 10.3. The second-order valence-electron chi connectivity index (χ2n) is 4.81. The maximum atomic E-state index is 10.7. The van der Waals surface area contributed by atoms with Gasteiger partial charge in [0.05, 0.1) is 0 Å². The number of nitrogens with zero attached hydrogens (tertiary/aromatic N) is 2. The predicted octanol–water partition coefficient (Wildman–Crippen LogP) is 4.59. The predicted molar refractivity (Wildman–Crippen MR) is 91.0 cm³/mol. The van der Waals surface area contributed by atoms with Crippen LogP contribution in [0.1, 0.15) is 6.92 Å². The van der Waals surface area contributed by atoms with Gasteiger partial charge in [-0.25, -0.2) is 0 Å². The fourth-order valence-corrected chi connectivity index (χ4v) is 2.34.